The number of nitrogens with zero attached hydrogens (tertiary/aromatic N) is 2. The molecule has 7 heteroatoms. The maximum Gasteiger partial charge on any atom is 0.246 e. The van der Waals surface area contributed by atoms with Gasteiger partial charge in [-0.1, -0.05) is 47.5 Å². The van der Waals surface area contributed by atoms with Crippen LogP contribution in [0, 0.1) is 0 Å². The summed E-state index contributed by atoms with van der Waals surface area (Å²) in [5.74, 6) is 0. The minimum atomic E-state index is -3.77. The Morgan fingerprint density at radius 3 is 2.30 bits per heavy atom. The van der Waals surface area contributed by atoms with Crippen molar-refractivity contribution < 1.29 is 8.42 Å². The maximum atomic E-state index is 13.0. The Balaban J connectivity index is 2.05. The van der Waals surface area contributed by atoms with E-state index in [0.29, 0.717) is 19.6 Å². The fourth-order valence-corrected chi connectivity index (χ4v) is 5.23. The minimum absolute atomic E-state index is 0.0228. The molecule has 3 rings (SSSR count). The zero-order chi connectivity index (χ0) is 16.6. The summed E-state index contributed by atoms with van der Waals surface area (Å²) in [7, 11) is -1.81. The Morgan fingerprint density at radius 2 is 1.61 bits per heavy atom. The minimum Gasteiger partial charge on any atom is -0.373 e. The fourth-order valence-electron chi connectivity index (χ4n) is 2.73. The second kappa shape index (κ2) is 6.32. The van der Waals surface area contributed by atoms with E-state index in [2.05, 4.69) is 4.90 Å². The second-order valence-corrected chi connectivity index (χ2v) is 8.13. The zero-order valence-corrected chi connectivity index (χ0v) is 14.9. The number of benzene rings is 2. The summed E-state index contributed by atoms with van der Waals surface area (Å²) in [6, 6.07) is 12.5. The van der Waals surface area contributed by atoms with Crippen LogP contribution in [0.3, 0.4) is 0 Å². The molecule has 4 nitrogen and oxygen atoms in total. The second-order valence-electron chi connectivity index (χ2n) is 5.44. The Morgan fingerprint density at radius 1 is 0.957 bits per heavy atom. The van der Waals surface area contributed by atoms with E-state index in [1.54, 1.807) is 6.07 Å². The predicted molar refractivity (Wildman–Crippen MR) is 93.8 cm³/mol. The molecule has 2 aromatic rings. The van der Waals surface area contributed by atoms with Gasteiger partial charge in [0.05, 0.1) is 10.0 Å². The summed E-state index contributed by atoms with van der Waals surface area (Å²) in [6.45, 7) is 1.26. The van der Waals surface area contributed by atoms with Crippen molar-refractivity contribution in [2.75, 3.05) is 25.0 Å². The van der Waals surface area contributed by atoms with E-state index in [0.717, 1.165) is 11.3 Å². The van der Waals surface area contributed by atoms with E-state index >= 15 is 0 Å². The van der Waals surface area contributed by atoms with Crippen molar-refractivity contribution in [3.8, 4) is 0 Å². The largest absolute Gasteiger partial charge is 0.373 e. The van der Waals surface area contributed by atoms with Crippen molar-refractivity contribution in [3.63, 3.8) is 0 Å². The van der Waals surface area contributed by atoms with E-state index < -0.39 is 10.0 Å². The molecule has 2 aromatic carbocycles. The van der Waals surface area contributed by atoms with Crippen molar-refractivity contribution in [1.29, 1.82) is 0 Å². The SMILES string of the molecule is CN1CCN(S(=O)(=O)c2c(Cl)cccc2Cl)Cc2ccccc21. The fraction of sp³-hybridized carbons (Fsp3) is 0.250. The van der Waals surface area contributed by atoms with Gasteiger partial charge in [0.2, 0.25) is 10.0 Å². The van der Waals surface area contributed by atoms with Crippen molar-refractivity contribution >= 4 is 38.9 Å². The molecule has 23 heavy (non-hydrogen) atoms. The number of hydrogen-bond donors (Lipinski definition) is 0. The summed E-state index contributed by atoms with van der Waals surface area (Å²) in [6.07, 6.45) is 0. The average molecular weight is 371 g/mol. The molecule has 0 bridgehead atoms. The lowest BCUT2D eigenvalue weighted by Gasteiger charge is -2.21. The summed E-state index contributed by atoms with van der Waals surface area (Å²) < 4.78 is 27.5. The molecule has 1 heterocycles. The highest BCUT2D eigenvalue weighted by atomic mass is 35.5. The van der Waals surface area contributed by atoms with Gasteiger partial charge in [-0.3, -0.25) is 0 Å². The summed E-state index contributed by atoms with van der Waals surface area (Å²) >= 11 is 12.2. The van der Waals surface area contributed by atoms with Crippen LogP contribution in [-0.2, 0) is 16.6 Å². The highest BCUT2D eigenvalue weighted by Crippen LogP contribution is 2.34. The molecule has 0 unspecified atom stereocenters. The van der Waals surface area contributed by atoms with Crippen LogP contribution >= 0.6 is 23.2 Å². The number of likely N-dealkylation sites (N-methyl/N-ethyl adjacent to an activating group) is 1. The smallest absolute Gasteiger partial charge is 0.246 e. The van der Waals surface area contributed by atoms with Crippen LogP contribution in [0.5, 0.6) is 0 Å². The van der Waals surface area contributed by atoms with Crippen molar-refractivity contribution in [3.05, 3.63) is 58.1 Å². The van der Waals surface area contributed by atoms with Crippen LogP contribution in [0.2, 0.25) is 10.0 Å². The first-order valence-corrected chi connectivity index (χ1v) is 9.34. The average Bonchev–Trinajstić information content (AvgIpc) is 2.67. The van der Waals surface area contributed by atoms with Gasteiger partial charge < -0.3 is 4.90 Å². The molecular weight excluding hydrogens is 355 g/mol. The first-order valence-electron chi connectivity index (χ1n) is 7.14. The third-order valence-electron chi connectivity index (χ3n) is 3.95. The molecule has 0 saturated carbocycles. The molecule has 1 aliphatic rings. The normalized spacial score (nSPS) is 16.0. The summed E-state index contributed by atoms with van der Waals surface area (Å²) in [4.78, 5) is 2.03. The first kappa shape index (κ1) is 16.6. The molecular formula is C16H16Cl2N2O2S. The van der Waals surface area contributed by atoms with Gasteiger partial charge in [0.15, 0.2) is 0 Å². The third-order valence-corrected chi connectivity index (χ3v) is 6.75. The lowest BCUT2D eigenvalue weighted by Crippen LogP contribution is -2.34. The van der Waals surface area contributed by atoms with Crippen molar-refractivity contribution in [1.82, 2.24) is 4.31 Å². The summed E-state index contributed by atoms with van der Waals surface area (Å²) in [5, 5.41) is 0.284. The van der Waals surface area contributed by atoms with E-state index in [9.17, 15) is 8.42 Å². The zero-order valence-electron chi connectivity index (χ0n) is 12.5. The molecule has 0 atom stereocenters. The number of sulfonamides is 1. The van der Waals surface area contributed by atoms with Crippen LogP contribution < -0.4 is 4.90 Å². The Bertz CT molecular complexity index is 819. The molecule has 122 valence electrons. The highest BCUT2D eigenvalue weighted by Gasteiger charge is 2.31. The van der Waals surface area contributed by atoms with E-state index in [-0.39, 0.29) is 14.9 Å². The standard InChI is InChI=1S/C16H16Cl2N2O2S/c1-19-9-10-20(11-12-5-2-3-8-15(12)19)23(21,22)16-13(17)6-4-7-14(16)18/h2-8H,9-11H2,1H3. The number of halogens is 2. The Hall–Kier alpha value is -1.27. The van der Waals surface area contributed by atoms with Crippen molar-refractivity contribution in [2.45, 2.75) is 11.4 Å². The van der Waals surface area contributed by atoms with Gasteiger partial charge in [0, 0.05) is 32.4 Å². The van der Waals surface area contributed by atoms with Crippen LogP contribution in [0.4, 0.5) is 5.69 Å². The molecule has 0 spiro atoms. The first-order chi connectivity index (χ1) is 10.9. The van der Waals surface area contributed by atoms with Gasteiger partial charge in [0.1, 0.15) is 4.90 Å². The van der Waals surface area contributed by atoms with E-state index in [4.69, 9.17) is 23.2 Å². The van der Waals surface area contributed by atoms with E-state index in [1.165, 1.54) is 16.4 Å². The topological polar surface area (TPSA) is 40.6 Å². The van der Waals surface area contributed by atoms with Crippen LogP contribution in [-0.4, -0.2) is 32.9 Å². The number of fused-ring (bicyclic) bond motifs is 1. The molecule has 0 saturated heterocycles. The molecule has 0 aromatic heterocycles. The number of hydrogen-bond acceptors (Lipinski definition) is 3. The maximum absolute atomic E-state index is 13.0. The molecule has 1 aliphatic heterocycles. The van der Waals surface area contributed by atoms with Crippen molar-refractivity contribution in [2.24, 2.45) is 0 Å². The lowest BCUT2D eigenvalue weighted by atomic mass is 10.1. The molecule has 0 radical (unpaired) electrons. The molecule has 0 fully saturated rings. The van der Waals surface area contributed by atoms with Gasteiger partial charge in [-0.2, -0.15) is 4.31 Å². The van der Waals surface area contributed by atoms with Crippen LogP contribution in [0.25, 0.3) is 0 Å². The van der Waals surface area contributed by atoms with E-state index in [1.807, 2.05) is 31.3 Å². The Kier molecular flexibility index (Phi) is 4.56. The third kappa shape index (κ3) is 3.06. The molecule has 0 N–H and O–H groups in total. The molecule has 0 aliphatic carbocycles. The number of rotatable bonds is 2. The summed E-state index contributed by atoms with van der Waals surface area (Å²) in [5.41, 5.74) is 2.00. The van der Waals surface area contributed by atoms with Gasteiger partial charge in [-0.25, -0.2) is 8.42 Å². The number of anilines is 1. The van der Waals surface area contributed by atoms with Crippen LogP contribution in [0.1, 0.15) is 5.56 Å². The number of para-hydroxylation sites is 1. The van der Waals surface area contributed by atoms with Crippen LogP contribution in [0.15, 0.2) is 47.4 Å². The van der Waals surface area contributed by atoms with Gasteiger partial charge in [0.25, 0.3) is 0 Å². The van der Waals surface area contributed by atoms with Gasteiger partial charge >= 0.3 is 0 Å². The predicted octanol–water partition coefficient (Wildman–Crippen LogP) is 3.63. The van der Waals surface area contributed by atoms with Gasteiger partial charge in [-0.05, 0) is 23.8 Å². The quantitative estimate of drug-likeness (QED) is 0.810. The monoisotopic (exact) mass is 370 g/mol. The highest BCUT2D eigenvalue weighted by molar-refractivity contribution is 7.89. The molecule has 0 amide bonds. The lowest BCUT2D eigenvalue weighted by molar-refractivity contribution is 0.420. The van der Waals surface area contributed by atoms with Gasteiger partial charge in [-0.15, -0.1) is 0 Å². The Labute approximate surface area is 146 Å².